The summed E-state index contributed by atoms with van der Waals surface area (Å²) in [6, 6.07) is 5.18. The predicted molar refractivity (Wildman–Crippen MR) is 173 cm³/mol. The Balaban J connectivity index is 1.54. The maximum atomic E-state index is 13.4. The van der Waals surface area contributed by atoms with Gasteiger partial charge in [-0.15, -0.1) is 0 Å². The number of rotatable bonds is 10. The highest BCUT2D eigenvalue weighted by Gasteiger charge is 2.41. The summed E-state index contributed by atoms with van der Waals surface area (Å²) in [6.07, 6.45) is 8.30. The molecule has 2 amide bonds. The lowest BCUT2D eigenvalue weighted by Gasteiger charge is -2.43. The van der Waals surface area contributed by atoms with E-state index < -0.39 is 5.97 Å². The molecular weight excluding hydrogens is 574 g/mol. The maximum absolute atomic E-state index is 13.4. The summed E-state index contributed by atoms with van der Waals surface area (Å²) in [6.45, 7) is 7.87. The lowest BCUT2D eigenvalue weighted by molar-refractivity contribution is -0.136. The number of likely N-dealkylation sites (N-methyl/N-ethyl adjacent to an activating group) is 1. The van der Waals surface area contributed by atoms with E-state index in [0.29, 0.717) is 40.9 Å². The summed E-state index contributed by atoms with van der Waals surface area (Å²) in [5.41, 5.74) is 1.85. The number of esters is 1. The number of carbonyl (C=O) groups excluding carboxylic acids is 3. The zero-order valence-electron chi connectivity index (χ0n) is 27.0. The first-order valence-corrected chi connectivity index (χ1v) is 15.8. The van der Waals surface area contributed by atoms with Crippen molar-refractivity contribution in [3.63, 3.8) is 0 Å². The molecule has 45 heavy (non-hydrogen) atoms. The molecule has 12 nitrogen and oxygen atoms in total. The molecule has 1 aliphatic carbocycles. The average molecular weight is 620 g/mol. The van der Waals surface area contributed by atoms with Crippen LogP contribution in [0.2, 0.25) is 0 Å². The summed E-state index contributed by atoms with van der Waals surface area (Å²) in [4.78, 5) is 56.7. The number of hydrogen-bond acceptors (Lipinski definition) is 10. The van der Waals surface area contributed by atoms with Crippen molar-refractivity contribution in [2.24, 2.45) is 0 Å². The fourth-order valence-corrected chi connectivity index (χ4v) is 6.63. The van der Waals surface area contributed by atoms with Crippen molar-refractivity contribution in [1.82, 2.24) is 20.2 Å². The number of piperidine rings is 1. The van der Waals surface area contributed by atoms with Crippen molar-refractivity contribution in [3.05, 3.63) is 42.1 Å². The van der Waals surface area contributed by atoms with Crippen LogP contribution in [0.15, 0.2) is 36.5 Å². The molecule has 1 saturated heterocycles. The number of benzene rings is 1. The number of fused-ring (bicyclic) bond motifs is 1. The SMILES string of the molecule is C=C(CN(c1ncc2c(n1)N(C1CCCC1)[C@H](CC)C(=O)N2C)c1ccc(C(=O)NC2CCN(C)CC2)cc1OC)C(=O)OC. The van der Waals surface area contributed by atoms with Gasteiger partial charge in [-0.05, 0) is 70.4 Å². The van der Waals surface area contributed by atoms with Gasteiger partial charge in [-0.25, -0.2) is 9.78 Å². The highest BCUT2D eigenvalue weighted by atomic mass is 16.5. The second-order valence-corrected chi connectivity index (χ2v) is 12.2. The number of ether oxygens (including phenoxy) is 2. The van der Waals surface area contributed by atoms with Gasteiger partial charge in [-0.2, -0.15) is 4.98 Å². The third-order valence-electron chi connectivity index (χ3n) is 9.25. The molecule has 1 aromatic carbocycles. The molecule has 12 heteroatoms. The Hall–Kier alpha value is -4.19. The Labute approximate surface area is 265 Å². The first kappa shape index (κ1) is 32.2. The molecular formula is C33H45N7O5. The molecule has 2 aromatic rings. The smallest absolute Gasteiger partial charge is 0.334 e. The topological polar surface area (TPSA) is 120 Å². The molecule has 0 spiro atoms. The standard InChI is InChI=1S/C33H45N7O5/c1-7-25-31(42)38(4)27-19-34-33(36-29(27)40(25)24-10-8-9-11-24)39(20-21(2)32(43)45-6)26-13-12-22(18-28(26)44-5)30(41)35-23-14-16-37(3)17-15-23/h12-13,18-19,23-25H,2,7-11,14-17,20H2,1,3-6H3,(H,35,41)/t25-/m1/s1. The van der Waals surface area contributed by atoms with E-state index in [1.54, 1.807) is 41.2 Å². The zero-order valence-corrected chi connectivity index (χ0v) is 27.0. The molecule has 1 N–H and O–H groups in total. The van der Waals surface area contributed by atoms with E-state index >= 15 is 0 Å². The summed E-state index contributed by atoms with van der Waals surface area (Å²) in [7, 11) is 6.68. The minimum Gasteiger partial charge on any atom is -0.495 e. The van der Waals surface area contributed by atoms with Crippen LogP contribution in [-0.4, -0.2) is 98.7 Å². The van der Waals surface area contributed by atoms with Gasteiger partial charge in [0, 0.05) is 30.3 Å². The number of likely N-dealkylation sites (tertiary alicyclic amines) is 1. The lowest BCUT2D eigenvalue weighted by atomic mass is 10.0. The number of anilines is 4. The van der Waals surface area contributed by atoms with Gasteiger partial charge in [-0.3, -0.25) is 9.59 Å². The first-order chi connectivity index (χ1) is 21.7. The highest BCUT2D eigenvalue weighted by molar-refractivity contribution is 6.04. The monoisotopic (exact) mass is 619 g/mol. The van der Waals surface area contributed by atoms with Gasteiger partial charge in [0.15, 0.2) is 5.82 Å². The van der Waals surface area contributed by atoms with E-state index in [1.165, 1.54) is 14.2 Å². The van der Waals surface area contributed by atoms with E-state index in [1.807, 2.05) is 6.92 Å². The minimum absolute atomic E-state index is 0.0123. The summed E-state index contributed by atoms with van der Waals surface area (Å²) < 4.78 is 10.8. The van der Waals surface area contributed by atoms with E-state index in [2.05, 4.69) is 33.7 Å². The van der Waals surface area contributed by atoms with Crippen LogP contribution in [0.4, 0.5) is 23.1 Å². The van der Waals surface area contributed by atoms with Crippen LogP contribution >= 0.6 is 0 Å². The number of nitrogens with one attached hydrogen (secondary N) is 1. The van der Waals surface area contributed by atoms with Crippen molar-refractivity contribution >= 4 is 40.9 Å². The Morgan fingerprint density at radius 1 is 1.11 bits per heavy atom. The van der Waals surface area contributed by atoms with Crippen LogP contribution in [0.25, 0.3) is 0 Å². The van der Waals surface area contributed by atoms with Crippen LogP contribution in [0.1, 0.15) is 62.2 Å². The van der Waals surface area contributed by atoms with E-state index in [9.17, 15) is 14.4 Å². The van der Waals surface area contributed by atoms with E-state index in [4.69, 9.17) is 14.5 Å². The predicted octanol–water partition coefficient (Wildman–Crippen LogP) is 3.68. The van der Waals surface area contributed by atoms with Crippen molar-refractivity contribution in [2.45, 2.75) is 70.0 Å². The third kappa shape index (κ3) is 6.61. The molecule has 2 fully saturated rings. The zero-order chi connectivity index (χ0) is 32.2. The van der Waals surface area contributed by atoms with Crippen LogP contribution in [0.5, 0.6) is 5.75 Å². The number of nitrogens with zero attached hydrogens (tertiary/aromatic N) is 6. The van der Waals surface area contributed by atoms with Crippen molar-refractivity contribution in [3.8, 4) is 5.75 Å². The number of carbonyl (C=O) groups is 3. The van der Waals surface area contributed by atoms with E-state index in [0.717, 1.165) is 51.6 Å². The highest BCUT2D eigenvalue weighted by Crippen LogP contribution is 2.42. The fourth-order valence-electron chi connectivity index (χ4n) is 6.63. The Morgan fingerprint density at radius 3 is 2.47 bits per heavy atom. The van der Waals surface area contributed by atoms with Gasteiger partial charge in [-0.1, -0.05) is 26.3 Å². The molecule has 1 saturated carbocycles. The minimum atomic E-state index is -0.560. The molecule has 2 aliphatic heterocycles. The summed E-state index contributed by atoms with van der Waals surface area (Å²) in [5.74, 6) is 0.700. The van der Waals surface area contributed by atoms with Gasteiger partial charge in [0.25, 0.3) is 5.91 Å². The second kappa shape index (κ2) is 13.8. The van der Waals surface area contributed by atoms with Gasteiger partial charge in [0.1, 0.15) is 17.5 Å². The molecule has 1 aromatic heterocycles. The Bertz CT molecular complexity index is 1430. The Kier molecular flexibility index (Phi) is 9.91. The molecule has 242 valence electrons. The summed E-state index contributed by atoms with van der Waals surface area (Å²) in [5, 5.41) is 3.15. The summed E-state index contributed by atoms with van der Waals surface area (Å²) >= 11 is 0. The van der Waals surface area contributed by atoms with Gasteiger partial charge < -0.3 is 34.4 Å². The maximum Gasteiger partial charge on any atom is 0.334 e. The first-order valence-electron chi connectivity index (χ1n) is 15.8. The molecule has 3 aliphatic rings. The quantitative estimate of drug-likeness (QED) is 0.312. The molecule has 0 unspecified atom stereocenters. The van der Waals surface area contributed by atoms with Gasteiger partial charge in [0.05, 0.1) is 32.6 Å². The van der Waals surface area contributed by atoms with Crippen molar-refractivity contribution in [1.29, 1.82) is 0 Å². The molecule has 0 bridgehead atoms. The second-order valence-electron chi connectivity index (χ2n) is 12.2. The van der Waals surface area contributed by atoms with Crippen molar-refractivity contribution in [2.75, 3.05) is 62.6 Å². The Morgan fingerprint density at radius 2 is 1.82 bits per heavy atom. The van der Waals surface area contributed by atoms with Crippen LogP contribution in [-0.2, 0) is 14.3 Å². The number of methoxy groups -OCH3 is 2. The van der Waals surface area contributed by atoms with Crippen LogP contribution < -0.4 is 24.8 Å². The molecule has 3 heterocycles. The largest absolute Gasteiger partial charge is 0.495 e. The molecule has 1 atom stereocenters. The normalized spacial score (nSPS) is 19.3. The van der Waals surface area contributed by atoms with Crippen molar-refractivity contribution < 1.29 is 23.9 Å². The van der Waals surface area contributed by atoms with Gasteiger partial charge in [0.2, 0.25) is 11.9 Å². The van der Waals surface area contributed by atoms with Crippen LogP contribution in [0, 0.1) is 0 Å². The van der Waals surface area contributed by atoms with E-state index in [-0.39, 0.29) is 42.1 Å². The average Bonchev–Trinajstić information content (AvgIpc) is 3.59. The fraction of sp³-hybridized carbons (Fsp3) is 0.545. The molecule has 0 radical (unpaired) electrons. The third-order valence-corrected chi connectivity index (χ3v) is 9.25. The van der Waals surface area contributed by atoms with Gasteiger partial charge >= 0.3 is 5.97 Å². The molecule has 5 rings (SSSR count). The lowest BCUT2D eigenvalue weighted by Crippen LogP contribution is -2.55. The number of hydrogen-bond donors (Lipinski definition) is 1. The van der Waals surface area contributed by atoms with Crippen LogP contribution in [0.3, 0.4) is 0 Å². The number of amides is 2. The number of aromatic nitrogens is 2.